The summed E-state index contributed by atoms with van der Waals surface area (Å²) in [6, 6.07) is -7.95. The molecular formula is C25H44N6O11. The Morgan fingerprint density at radius 1 is 0.762 bits per heavy atom. The molecule has 42 heavy (non-hydrogen) atoms. The predicted octanol–water partition coefficient (Wildman–Crippen LogP) is -2.86. The van der Waals surface area contributed by atoms with Crippen molar-refractivity contribution < 1.29 is 53.6 Å². The van der Waals surface area contributed by atoms with E-state index in [2.05, 4.69) is 10.1 Å². The van der Waals surface area contributed by atoms with Crippen molar-refractivity contribution in [3.63, 3.8) is 0 Å². The summed E-state index contributed by atoms with van der Waals surface area (Å²) >= 11 is 0. The molecule has 0 rings (SSSR count). The van der Waals surface area contributed by atoms with Gasteiger partial charge in [0.15, 0.2) is 6.04 Å². The van der Waals surface area contributed by atoms with Gasteiger partial charge in [0.05, 0.1) is 18.2 Å². The van der Waals surface area contributed by atoms with Crippen LogP contribution in [0.15, 0.2) is 0 Å². The molecule has 0 radical (unpaired) electrons. The van der Waals surface area contributed by atoms with Crippen LogP contribution in [0.3, 0.4) is 0 Å². The second kappa shape index (κ2) is 18.8. The average Bonchev–Trinajstić information content (AvgIpc) is 2.90. The van der Waals surface area contributed by atoms with E-state index in [1.54, 1.807) is 0 Å². The number of hydrogen-bond acceptors (Lipinski definition) is 13. The van der Waals surface area contributed by atoms with Crippen molar-refractivity contribution in [1.29, 1.82) is 0 Å². The Bertz CT molecular complexity index is 975. The number of carboxylic acid groups (broad SMARTS) is 2. The number of carbonyl (C=O) groups excluding carboxylic acids is 5. The largest absolute Gasteiger partial charge is 0.481 e. The van der Waals surface area contributed by atoms with Gasteiger partial charge in [-0.1, -0.05) is 20.3 Å². The Labute approximate surface area is 243 Å². The minimum atomic E-state index is -2.19. The first-order chi connectivity index (χ1) is 19.5. The van der Waals surface area contributed by atoms with Crippen LogP contribution in [0.5, 0.6) is 0 Å². The maximum Gasteiger partial charge on any atom is 0.339 e. The van der Waals surface area contributed by atoms with Gasteiger partial charge in [-0.25, -0.2) is 9.59 Å². The van der Waals surface area contributed by atoms with E-state index in [9.17, 15) is 38.7 Å². The molecule has 0 aliphatic rings. The summed E-state index contributed by atoms with van der Waals surface area (Å²) in [5.41, 5.74) is 22.8. The van der Waals surface area contributed by atoms with Gasteiger partial charge in [-0.05, 0) is 45.1 Å². The molecule has 0 aliphatic heterocycles. The summed E-state index contributed by atoms with van der Waals surface area (Å²) in [5.74, 6) is -9.53. The number of carbonyl (C=O) groups is 7. The molecule has 0 unspecified atom stereocenters. The molecular weight excluding hydrogens is 560 g/mol. The summed E-state index contributed by atoms with van der Waals surface area (Å²) in [5, 5.41) is 30.7. The fourth-order valence-electron chi connectivity index (χ4n) is 3.68. The average molecular weight is 605 g/mol. The summed E-state index contributed by atoms with van der Waals surface area (Å²) < 4.78 is 4.69. The number of hydrogen-bond donors (Lipinski definition) is 8. The molecule has 3 amide bonds. The third kappa shape index (κ3) is 13.0. The quantitative estimate of drug-likeness (QED) is 0.0417. The molecule has 240 valence electrons. The topological polar surface area (TPSA) is 309 Å². The molecule has 0 aromatic carbocycles. The number of aliphatic carboxylic acids is 2. The van der Waals surface area contributed by atoms with Crippen molar-refractivity contribution >= 4 is 41.6 Å². The molecule has 0 aromatic heterocycles. The molecule has 17 nitrogen and oxygen atoms in total. The molecule has 0 saturated heterocycles. The van der Waals surface area contributed by atoms with E-state index in [-0.39, 0.29) is 11.3 Å². The molecule has 0 spiro atoms. The first-order valence-electron chi connectivity index (χ1n) is 13.5. The number of esters is 2. The summed E-state index contributed by atoms with van der Waals surface area (Å²) in [6.45, 7) is 4.41. The smallest absolute Gasteiger partial charge is 0.339 e. The molecule has 0 aromatic rings. The minimum absolute atomic E-state index is 0.234. The SMILES string of the molecule is CC(C)[C@H](NC(=O)[C@@H](N)CCCCN)C(=O)N(C(=O)[C@@H](N)CCC(=O)O)[C@H](C(=O)OC(=O)[C@@H](N)CCC(=O)O)[C@@H](C)O. The van der Waals surface area contributed by atoms with Crippen molar-refractivity contribution in [1.82, 2.24) is 10.2 Å². The number of nitrogens with two attached hydrogens (primary N) is 4. The second-order valence-electron chi connectivity index (χ2n) is 10.2. The fourth-order valence-corrected chi connectivity index (χ4v) is 3.68. The number of imide groups is 1. The van der Waals surface area contributed by atoms with Gasteiger partial charge in [0, 0.05) is 12.8 Å². The van der Waals surface area contributed by atoms with Crippen LogP contribution in [-0.4, -0.2) is 105 Å². The molecule has 17 heteroatoms. The van der Waals surface area contributed by atoms with Crippen LogP contribution in [0, 0.1) is 5.92 Å². The lowest BCUT2D eigenvalue weighted by molar-refractivity contribution is -0.174. The van der Waals surface area contributed by atoms with Gasteiger partial charge >= 0.3 is 23.9 Å². The van der Waals surface area contributed by atoms with Gasteiger partial charge in [0.25, 0.3) is 5.91 Å². The van der Waals surface area contributed by atoms with Gasteiger partial charge < -0.3 is 48.3 Å². The fraction of sp³-hybridized carbons (Fsp3) is 0.720. The Kier molecular flexibility index (Phi) is 17.3. The predicted molar refractivity (Wildman–Crippen MR) is 146 cm³/mol. The van der Waals surface area contributed by atoms with Crippen molar-refractivity contribution in [2.45, 2.75) is 102 Å². The first kappa shape index (κ1) is 38.5. The van der Waals surface area contributed by atoms with E-state index in [0.717, 1.165) is 6.92 Å². The van der Waals surface area contributed by atoms with E-state index in [1.165, 1.54) is 13.8 Å². The zero-order valence-electron chi connectivity index (χ0n) is 24.1. The Morgan fingerprint density at radius 2 is 1.29 bits per heavy atom. The summed E-state index contributed by atoms with van der Waals surface area (Å²) in [4.78, 5) is 87.4. The van der Waals surface area contributed by atoms with Gasteiger partial charge in [-0.2, -0.15) is 0 Å². The third-order valence-electron chi connectivity index (χ3n) is 6.15. The lowest BCUT2D eigenvalue weighted by atomic mass is 9.98. The highest BCUT2D eigenvalue weighted by molar-refractivity contribution is 6.05. The molecule has 0 aliphatic carbocycles. The number of amides is 3. The summed E-state index contributed by atoms with van der Waals surface area (Å²) in [6.07, 6.45) is -2.50. The molecule has 6 atom stereocenters. The van der Waals surface area contributed by atoms with Crippen molar-refractivity contribution in [3.8, 4) is 0 Å². The highest BCUT2D eigenvalue weighted by Gasteiger charge is 2.45. The highest BCUT2D eigenvalue weighted by Crippen LogP contribution is 2.17. The van der Waals surface area contributed by atoms with Gasteiger partial charge in [-0.15, -0.1) is 0 Å². The number of nitrogens with zero attached hydrogens (tertiary/aromatic N) is 1. The van der Waals surface area contributed by atoms with E-state index < -0.39 is 110 Å². The first-order valence-corrected chi connectivity index (χ1v) is 13.5. The zero-order chi connectivity index (χ0) is 32.7. The number of nitrogens with one attached hydrogen (secondary N) is 1. The molecule has 0 heterocycles. The van der Waals surface area contributed by atoms with Crippen LogP contribution in [0.4, 0.5) is 0 Å². The number of ether oxygens (including phenoxy) is 1. The third-order valence-corrected chi connectivity index (χ3v) is 6.15. The highest BCUT2D eigenvalue weighted by atomic mass is 16.6. The van der Waals surface area contributed by atoms with Crippen molar-refractivity contribution in [2.75, 3.05) is 6.54 Å². The van der Waals surface area contributed by atoms with Crippen LogP contribution < -0.4 is 28.3 Å². The monoisotopic (exact) mass is 604 g/mol. The van der Waals surface area contributed by atoms with Gasteiger partial charge in [-0.3, -0.25) is 28.9 Å². The zero-order valence-corrected chi connectivity index (χ0v) is 24.1. The number of aliphatic hydroxyl groups is 1. The number of carboxylic acids is 2. The van der Waals surface area contributed by atoms with Gasteiger partial charge in [0.1, 0.15) is 12.1 Å². The number of aliphatic hydroxyl groups excluding tert-OH is 1. The lowest BCUT2D eigenvalue weighted by Gasteiger charge is -2.35. The maximum absolute atomic E-state index is 13.8. The molecule has 0 fully saturated rings. The van der Waals surface area contributed by atoms with E-state index in [0.29, 0.717) is 19.4 Å². The number of rotatable bonds is 19. The van der Waals surface area contributed by atoms with Crippen molar-refractivity contribution in [3.05, 3.63) is 0 Å². The summed E-state index contributed by atoms with van der Waals surface area (Å²) in [7, 11) is 0. The molecule has 0 saturated carbocycles. The van der Waals surface area contributed by atoms with E-state index in [4.69, 9.17) is 33.1 Å². The van der Waals surface area contributed by atoms with Crippen molar-refractivity contribution in [2.24, 2.45) is 28.9 Å². The Balaban J connectivity index is 6.40. The van der Waals surface area contributed by atoms with Crippen LogP contribution in [0.25, 0.3) is 0 Å². The molecule has 0 bridgehead atoms. The van der Waals surface area contributed by atoms with Crippen LogP contribution in [0.1, 0.15) is 65.7 Å². The second-order valence-corrected chi connectivity index (χ2v) is 10.2. The van der Waals surface area contributed by atoms with Gasteiger partial charge in [0.2, 0.25) is 11.8 Å². The van der Waals surface area contributed by atoms with Crippen LogP contribution in [-0.2, 0) is 38.3 Å². The number of unbranched alkanes of at least 4 members (excludes halogenated alkanes) is 1. The Hall–Kier alpha value is -3.51. The normalized spacial score (nSPS) is 15.5. The molecule has 12 N–H and O–H groups in total. The van der Waals surface area contributed by atoms with Crippen LogP contribution >= 0.6 is 0 Å². The Morgan fingerprint density at radius 3 is 1.74 bits per heavy atom. The minimum Gasteiger partial charge on any atom is -0.481 e. The lowest BCUT2D eigenvalue weighted by Crippen LogP contribution is -2.64. The standard InChI is InChI=1S/C25H44N6O11/c1-12(2)19(30-21(37)14(27)6-4-5-11-26)23(39)31(22(38)15(28)7-9-17(33)34)20(13(3)32)25(41)42-24(40)16(29)8-10-18(35)36/h12-16,19-20,32H,4-11,26-29H2,1-3H3,(H,30,37)(H,33,34)(H,35,36)/t13-,14+,15+,16+,19+,20+/m1/s1. The van der Waals surface area contributed by atoms with E-state index in [1.807, 2.05) is 0 Å². The van der Waals surface area contributed by atoms with E-state index >= 15 is 0 Å². The van der Waals surface area contributed by atoms with Crippen LogP contribution in [0.2, 0.25) is 0 Å². The maximum atomic E-state index is 13.8.